The van der Waals surface area contributed by atoms with Crippen LogP contribution in [0.25, 0.3) is 0 Å². The lowest BCUT2D eigenvalue weighted by Crippen LogP contribution is -2.50. The minimum Gasteiger partial charge on any atom is -0.484 e. The average Bonchev–Trinajstić information content (AvgIpc) is 2.69. The lowest BCUT2D eigenvalue weighted by Gasteiger charge is -2.34. The number of carbonyl (C=O) groups is 1. The molecule has 7 heteroatoms. The predicted octanol–water partition coefficient (Wildman–Crippen LogP) is 3.28. The smallest absolute Gasteiger partial charge is 0.260 e. The lowest BCUT2D eigenvalue weighted by molar-refractivity contribution is -0.135. The van der Waals surface area contributed by atoms with Crippen LogP contribution < -0.4 is 4.74 Å². The number of rotatable bonds is 7. The Morgan fingerprint density at radius 2 is 1.52 bits per heavy atom. The van der Waals surface area contributed by atoms with Crippen molar-refractivity contribution in [3.63, 3.8) is 0 Å². The van der Waals surface area contributed by atoms with Crippen LogP contribution in [0, 0.1) is 11.6 Å². The maximum Gasteiger partial charge on any atom is 0.260 e. The van der Waals surface area contributed by atoms with Crippen molar-refractivity contribution in [2.75, 3.05) is 45.1 Å². The fourth-order valence-electron chi connectivity index (χ4n) is 2.81. The Bertz CT molecular complexity index is 733. The molecule has 1 amide bonds. The van der Waals surface area contributed by atoms with E-state index >= 15 is 0 Å². The van der Waals surface area contributed by atoms with Crippen molar-refractivity contribution in [2.24, 2.45) is 0 Å². The molecule has 0 atom stereocenters. The van der Waals surface area contributed by atoms with Crippen LogP contribution in [0.4, 0.5) is 8.78 Å². The summed E-state index contributed by atoms with van der Waals surface area (Å²) in [6, 6.07) is 12.2. The summed E-state index contributed by atoms with van der Waals surface area (Å²) in [4.78, 5) is 17.4. The Morgan fingerprint density at radius 3 is 2.15 bits per heavy atom. The zero-order chi connectivity index (χ0) is 19.1. The van der Waals surface area contributed by atoms with Gasteiger partial charge in [0.25, 0.3) is 5.91 Å². The highest BCUT2D eigenvalue weighted by Gasteiger charge is 2.21. The van der Waals surface area contributed by atoms with Gasteiger partial charge in [-0.1, -0.05) is 0 Å². The van der Waals surface area contributed by atoms with Crippen LogP contribution in [0.3, 0.4) is 0 Å². The van der Waals surface area contributed by atoms with E-state index in [0.29, 0.717) is 18.8 Å². The molecule has 1 aliphatic heterocycles. The number of benzene rings is 2. The monoisotopic (exact) mass is 392 g/mol. The second-order valence-electron chi connectivity index (χ2n) is 6.27. The summed E-state index contributed by atoms with van der Waals surface area (Å²) < 4.78 is 31.2. The fraction of sp³-hybridized carbons (Fsp3) is 0.350. The van der Waals surface area contributed by atoms with Gasteiger partial charge in [0, 0.05) is 43.4 Å². The molecule has 0 aromatic heterocycles. The Hall–Kier alpha value is -2.12. The maximum atomic E-state index is 12.9. The molecular formula is C20H22F2N2O2S. The van der Waals surface area contributed by atoms with Crippen LogP contribution in [0.15, 0.2) is 53.4 Å². The van der Waals surface area contributed by atoms with Gasteiger partial charge in [0.05, 0.1) is 0 Å². The number of thioether (sulfide) groups is 1. The summed E-state index contributed by atoms with van der Waals surface area (Å²) >= 11 is 1.70. The van der Waals surface area contributed by atoms with E-state index in [1.807, 2.05) is 0 Å². The van der Waals surface area contributed by atoms with Crippen molar-refractivity contribution in [1.29, 1.82) is 0 Å². The van der Waals surface area contributed by atoms with Gasteiger partial charge < -0.3 is 9.64 Å². The first-order valence-electron chi connectivity index (χ1n) is 8.87. The van der Waals surface area contributed by atoms with Crippen LogP contribution in [0.5, 0.6) is 5.75 Å². The Balaban J connectivity index is 1.33. The maximum absolute atomic E-state index is 12.9. The minimum absolute atomic E-state index is 0.0357. The second-order valence-corrected chi connectivity index (χ2v) is 7.44. The average molecular weight is 392 g/mol. The first kappa shape index (κ1) is 19.6. The van der Waals surface area contributed by atoms with Gasteiger partial charge in [0.15, 0.2) is 6.61 Å². The molecule has 0 spiro atoms. The summed E-state index contributed by atoms with van der Waals surface area (Å²) in [5, 5.41) is 0. The number of hydrogen-bond acceptors (Lipinski definition) is 4. The molecule has 27 heavy (non-hydrogen) atoms. The van der Waals surface area contributed by atoms with E-state index in [1.54, 1.807) is 28.8 Å². The van der Waals surface area contributed by atoms with Crippen LogP contribution in [0.2, 0.25) is 0 Å². The van der Waals surface area contributed by atoms with Gasteiger partial charge >= 0.3 is 0 Å². The normalized spacial score (nSPS) is 15.0. The van der Waals surface area contributed by atoms with Crippen LogP contribution >= 0.6 is 11.8 Å². The van der Waals surface area contributed by atoms with Crippen molar-refractivity contribution in [2.45, 2.75) is 4.90 Å². The van der Waals surface area contributed by atoms with Crippen LogP contribution in [-0.4, -0.2) is 60.8 Å². The number of piperazine rings is 1. The molecule has 3 rings (SSSR count). The zero-order valence-electron chi connectivity index (χ0n) is 14.9. The summed E-state index contributed by atoms with van der Waals surface area (Å²) in [6.45, 7) is 3.89. The molecule has 144 valence electrons. The molecule has 2 aromatic carbocycles. The van der Waals surface area contributed by atoms with E-state index in [9.17, 15) is 13.6 Å². The van der Waals surface area contributed by atoms with Crippen molar-refractivity contribution in [1.82, 2.24) is 9.80 Å². The van der Waals surface area contributed by atoms with Crippen LogP contribution in [-0.2, 0) is 4.79 Å². The van der Waals surface area contributed by atoms with E-state index in [4.69, 9.17) is 4.74 Å². The van der Waals surface area contributed by atoms with Crippen molar-refractivity contribution >= 4 is 17.7 Å². The van der Waals surface area contributed by atoms with Gasteiger partial charge in [-0.3, -0.25) is 9.69 Å². The SMILES string of the molecule is O=C(COc1ccc(F)cc1)N1CCN(CCSc2ccc(F)cc2)CC1. The molecule has 2 aromatic rings. The molecule has 0 aliphatic carbocycles. The molecular weight excluding hydrogens is 370 g/mol. The van der Waals surface area contributed by atoms with E-state index in [1.165, 1.54) is 36.4 Å². The largest absolute Gasteiger partial charge is 0.484 e. The summed E-state index contributed by atoms with van der Waals surface area (Å²) in [6.07, 6.45) is 0. The number of amides is 1. The van der Waals surface area contributed by atoms with Crippen molar-refractivity contribution < 1.29 is 18.3 Å². The summed E-state index contributed by atoms with van der Waals surface area (Å²) in [5.41, 5.74) is 0. The lowest BCUT2D eigenvalue weighted by atomic mass is 10.3. The second kappa shape index (κ2) is 9.71. The third-order valence-electron chi connectivity index (χ3n) is 4.39. The number of carbonyl (C=O) groups excluding carboxylic acids is 1. The predicted molar refractivity (Wildman–Crippen MR) is 102 cm³/mol. The zero-order valence-corrected chi connectivity index (χ0v) is 15.8. The van der Waals surface area contributed by atoms with Gasteiger partial charge in [0.2, 0.25) is 0 Å². The Labute approximate surface area is 162 Å². The van der Waals surface area contributed by atoms with Gasteiger partial charge in [-0.25, -0.2) is 8.78 Å². The molecule has 0 radical (unpaired) electrons. The Kier molecular flexibility index (Phi) is 7.06. The minimum atomic E-state index is -0.331. The van der Waals surface area contributed by atoms with E-state index in [-0.39, 0.29) is 24.1 Å². The third-order valence-corrected chi connectivity index (χ3v) is 5.38. The summed E-state index contributed by atoms with van der Waals surface area (Å²) in [5.74, 6) is 0.805. The number of nitrogens with zero attached hydrogens (tertiary/aromatic N) is 2. The van der Waals surface area contributed by atoms with E-state index < -0.39 is 0 Å². The standard InChI is InChI=1S/C20H22F2N2O2S/c21-16-1-5-18(6-2-16)26-15-20(25)24-11-9-23(10-12-24)13-14-27-19-7-3-17(22)4-8-19/h1-8H,9-15H2. The highest BCUT2D eigenvalue weighted by molar-refractivity contribution is 7.99. The van der Waals surface area contributed by atoms with Gasteiger partial charge in [-0.05, 0) is 48.5 Å². The highest BCUT2D eigenvalue weighted by Crippen LogP contribution is 2.18. The van der Waals surface area contributed by atoms with Gasteiger partial charge in [-0.2, -0.15) is 0 Å². The van der Waals surface area contributed by atoms with Crippen LogP contribution in [0.1, 0.15) is 0 Å². The molecule has 0 saturated carbocycles. The van der Waals surface area contributed by atoms with Crippen molar-refractivity contribution in [3.05, 3.63) is 60.2 Å². The van der Waals surface area contributed by atoms with Crippen molar-refractivity contribution in [3.8, 4) is 5.75 Å². The molecule has 1 saturated heterocycles. The molecule has 0 unspecified atom stereocenters. The molecule has 1 fully saturated rings. The molecule has 1 heterocycles. The number of hydrogen-bond donors (Lipinski definition) is 0. The Morgan fingerprint density at radius 1 is 0.926 bits per heavy atom. The number of halogens is 2. The van der Waals surface area contributed by atoms with Gasteiger partial charge in [-0.15, -0.1) is 11.8 Å². The topological polar surface area (TPSA) is 32.8 Å². The molecule has 4 nitrogen and oxygen atoms in total. The summed E-state index contributed by atoms with van der Waals surface area (Å²) in [7, 11) is 0. The number of ether oxygens (including phenoxy) is 1. The third kappa shape index (κ3) is 6.22. The molecule has 1 aliphatic rings. The molecule has 0 N–H and O–H groups in total. The quantitative estimate of drug-likeness (QED) is 0.677. The first-order valence-corrected chi connectivity index (χ1v) is 9.85. The first-order chi connectivity index (χ1) is 13.1. The highest BCUT2D eigenvalue weighted by atomic mass is 32.2. The van der Waals surface area contributed by atoms with E-state index in [2.05, 4.69) is 4.90 Å². The van der Waals surface area contributed by atoms with E-state index in [0.717, 1.165) is 30.3 Å². The van der Waals surface area contributed by atoms with Gasteiger partial charge in [0.1, 0.15) is 17.4 Å². The fourth-order valence-corrected chi connectivity index (χ4v) is 3.73. The molecule has 0 bridgehead atoms.